The van der Waals surface area contributed by atoms with Crippen molar-refractivity contribution in [3.63, 3.8) is 0 Å². The van der Waals surface area contributed by atoms with E-state index in [2.05, 4.69) is 0 Å². The average molecular weight is 271 g/mol. The summed E-state index contributed by atoms with van der Waals surface area (Å²) in [5.74, 6) is -0.841. The van der Waals surface area contributed by atoms with Crippen molar-refractivity contribution in [3.8, 4) is 0 Å². The second-order valence-corrected chi connectivity index (χ2v) is 5.64. The van der Waals surface area contributed by atoms with Crippen molar-refractivity contribution in [2.45, 2.75) is 20.3 Å². The predicted molar refractivity (Wildman–Crippen MR) is 81.6 cm³/mol. The molecule has 2 rings (SSSR count). The first kappa shape index (κ1) is 14.5. The molecular weight excluding hydrogens is 250 g/mol. The predicted octanol–water partition coefficient (Wildman–Crippen LogP) is 3.07. The van der Waals surface area contributed by atoms with E-state index in [-0.39, 0.29) is 12.5 Å². The van der Waals surface area contributed by atoms with Gasteiger partial charge in [0.1, 0.15) is 0 Å². The first-order valence-corrected chi connectivity index (χ1v) is 6.91. The number of aliphatic carboxylic acids is 1. The summed E-state index contributed by atoms with van der Waals surface area (Å²) in [6.45, 7) is 3.99. The van der Waals surface area contributed by atoms with Gasteiger partial charge < -0.3 is 10.8 Å². The van der Waals surface area contributed by atoms with Crippen molar-refractivity contribution in [1.82, 2.24) is 0 Å². The van der Waals surface area contributed by atoms with Crippen LogP contribution in [-0.4, -0.2) is 17.6 Å². The highest BCUT2D eigenvalue weighted by molar-refractivity contribution is 5.86. The van der Waals surface area contributed by atoms with Crippen LogP contribution in [0.25, 0.3) is 10.8 Å². The molecule has 2 aromatic rings. The summed E-state index contributed by atoms with van der Waals surface area (Å²) >= 11 is 0. The van der Waals surface area contributed by atoms with E-state index in [0.29, 0.717) is 6.42 Å². The molecule has 0 aromatic heterocycles. The summed E-state index contributed by atoms with van der Waals surface area (Å²) in [4.78, 5) is 11.8. The maximum atomic E-state index is 11.8. The number of hydrogen-bond donors (Lipinski definition) is 2. The van der Waals surface area contributed by atoms with E-state index in [1.807, 2.05) is 56.3 Å². The Labute approximate surface area is 119 Å². The Morgan fingerprint density at radius 2 is 1.85 bits per heavy atom. The van der Waals surface area contributed by atoms with Gasteiger partial charge in [0.15, 0.2) is 0 Å². The Kier molecular flexibility index (Phi) is 4.09. The Balaban J connectivity index is 2.52. The number of benzene rings is 2. The fourth-order valence-corrected chi connectivity index (χ4v) is 2.71. The maximum absolute atomic E-state index is 11.8. The van der Waals surface area contributed by atoms with Crippen LogP contribution < -0.4 is 5.73 Å². The third-order valence-electron chi connectivity index (χ3n) is 4.28. The molecule has 0 radical (unpaired) electrons. The molecule has 0 aliphatic carbocycles. The average Bonchev–Trinajstić information content (AvgIpc) is 2.44. The maximum Gasteiger partial charge on any atom is 0.311 e. The molecule has 0 amide bonds. The van der Waals surface area contributed by atoms with Crippen molar-refractivity contribution in [2.75, 3.05) is 6.54 Å². The highest BCUT2D eigenvalue weighted by atomic mass is 16.4. The molecule has 1 atom stereocenters. The van der Waals surface area contributed by atoms with Crippen LogP contribution in [0.4, 0.5) is 0 Å². The van der Waals surface area contributed by atoms with E-state index in [1.165, 1.54) is 0 Å². The second kappa shape index (κ2) is 5.63. The fraction of sp³-hybridized carbons (Fsp3) is 0.353. The van der Waals surface area contributed by atoms with E-state index in [9.17, 15) is 9.90 Å². The third-order valence-corrected chi connectivity index (χ3v) is 4.28. The first-order valence-electron chi connectivity index (χ1n) is 6.91. The lowest BCUT2D eigenvalue weighted by Crippen LogP contribution is -2.45. The Bertz CT molecular complexity index is 616. The lowest BCUT2D eigenvalue weighted by atomic mass is 9.72. The van der Waals surface area contributed by atoms with E-state index < -0.39 is 11.4 Å². The zero-order chi connectivity index (χ0) is 14.8. The van der Waals surface area contributed by atoms with Crippen LogP contribution in [0.15, 0.2) is 42.5 Å². The minimum Gasteiger partial charge on any atom is -0.481 e. The highest BCUT2D eigenvalue weighted by Crippen LogP contribution is 2.33. The summed E-state index contributed by atoms with van der Waals surface area (Å²) in [7, 11) is 0. The lowest BCUT2D eigenvalue weighted by Gasteiger charge is -2.32. The second-order valence-electron chi connectivity index (χ2n) is 5.64. The topological polar surface area (TPSA) is 63.3 Å². The fourth-order valence-electron chi connectivity index (χ4n) is 2.71. The van der Waals surface area contributed by atoms with Gasteiger partial charge in [-0.3, -0.25) is 4.79 Å². The van der Waals surface area contributed by atoms with Gasteiger partial charge in [-0.05, 0) is 28.7 Å². The minimum absolute atomic E-state index is 0.0241. The summed E-state index contributed by atoms with van der Waals surface area (Å²) in [5.41, 5.74) is 5.95. The third kappa shape index (κ3) is 2.41. The van der Waals surface area contributed by atoms with Crippen LogP contribution in [0, 0.1) is 11.3 Å². The normalized spacial score (nSPS) is 14.4. The number of nitrogens with two attached hydrogens (primary N) is 1. The zero-order valence-electron chi connectivity index (χ0n) is 12.0. The Morgan fingerprint density at radius 3 is 2.45 bits per heavy atom. The molecule has 0 aliphatic heterocycles. The van der Waals surface area contributed by atoms with Gasteiger partial charge in [-0.15, -0.1) is 0 Å². The quantitative estimate of drug-likeness (QED) is 0.878. The van der Waals surface area contributed by atoms with E-state index in [1.54, 1.807) is 0 Å². The van der Waals surface area contributed by atoms with Gasteiger partial charge >= 0.3 is 5.97 Å². The van der Waals surface area contributed by atoms with Gasteiger partial charge in [0, 0.05) is 6.54 Å². The number of carbonyl (C=O) groups is 1. The summed E-state index contributed by atoms with van der Waals surface area (Å²) in [5, 5.41) is 11.9. The summed E-state index contributed by atoms with van der Waals surface area (Å²) in [6, 6.07) is 14.1. The molecular formula is C17H21NO2. The SMILES string of the molecule is CC(C)C(CN)(Cc1cccc2ccccc12)C(=O)O. The van der Waals surface area contributed by atoms with Crippen LogP contribution in [0.1, 0.15) is 19.4 Å². The largest absolute Gasteiger partial charge is 0.481 e. The van der Waals surface area contributed by atoms with E-state index in [0.717, 1.165) is 16.3 Å². The molecule has 0 saturated carbocycles. The molecule has 1 unspecified atom stereocenters. The molecule has 2 aromatic carbocycles. The zero-order valence-corrected chi connectivity index (χ0v) is 12.0. The molecule has 3 heteroatoms. The monoisotopic (exact) mass is 271 g/mol. The number of carboxylic acids is 1. The van der Waals surface area contributed by atoms with Gasteiger partial charge in [0.2, 0.25) is 0 Å². The van der Waals surface area contributed by atoms with Crippen LogP contribution in [-0.2, 0) is 11.2 Å². The smallest absolute Gasteiger partial charge is 0.311 e. The number of fused-ring (bicyclic) bond motifs is 1. The highest BCUT2D eigenvalue weighted by Gasteiger charge is 2.40. The Hall–Kier alpha value is -1.87. The van der Waals surface area contributed by atoms with Crippen LogP contribution >= 0.6 is 0 Å². The number of rotatable bonds is 5. The molecule has 3 nitrogen and oxygen atoms in total. The molecule has 0 spiro atoms. The van der Waals surface area contributed by atoms with Crippen molar-refractivity contribution in [3.05, 3.63) is 48.0 Å². The molecule has 0 aliphatic rings. The summed E-state index contributed by atoms with van der Waals surface area (Å²) in [6.07, 6.45) is 0.456. The van der Waals surface area contributed by atoms with Crippen molar-refractivity contribution in [1.29, 1.82) is 0 Å². The first-order chi connectivity index (χ1) is 9.51. The molecule has 20 heavy (non-hydrogen) atoms. The van der Waals surface area contributed by atoms with Crippen molar-refractivity contribution in [2.24, 2.45) is 17.1 Å². The lowest BCUT2D eigenvalue weighted by molar-refractivity contribution is -0.151. The molecule has 106 valence electrons. The van der Waals surface area contributed by atoms with Gasteiger partial charge in [0.25, 0.3) is 0 Å². The van der Waals surface area contributed by atoms with Gasteiger partial charge in [0.05, 0.1) is 5.41 Å². The van der Waals surface area contributed by atoms with Crippen LogP contribution in [0.5, 0.6) is 0 Å². The number of hydrogen-bond acceptors (Lipinski definition) is 2. The molecule has 0 saturated heterocycles. The molecule has 3 N–H and O–H groups in total. The van der Waals surface area contributed by atoms with Gasteiger partial charge in [-0.25, -0.2) is 0 Å². The Morgan fingerprint density at radius 1 is 1.20 bits per heavy atom. The standard InChI is InChI=1S/C17H21NO2/c1-12(2)17(11-18,16(19)20)10-14-8-5-7-13-6-3-4-9-15(13)14/h3-9,12H,10-11,18H2,1-2H3,(H,19,20). The van der Waals surface area contributed by atoms with Gasteiger partial charge in [-0.1, -0.05) is 56.3 Å². The van der Waals surface area contributed by atoms with Gasteiger partial charge in [-0.2, -0.15) is 0 Å². The van der Waals surface area contributed by atoms with E-state index in [4.69, 9.17) is 5.73 Å². The molecule has 0 fully saturated rings. The van der Waals surface area contributed by atoms with Crippen LogP contribution in [0.2, 0.25) is 0 Å². The molecule has 0 bridgehead atoms. The minimum atomic E-state index is -0.913. The van der Waals surface area contributed by atoms with Crippen molar-refractivity contribution < 1.29 is 9.90 Å². The van der Waals surface area contributed by atoms with E-state index >= 15 is 0 Å². The van der Waals surface area contributed by atoms with Crippen LogP contribution in [0.3, 0.4) is 0 Å². The summed E-state index contributed by atoms with van der Waals surface area (Å²) < 4.78 is 0. The van der Waals surface area contributed by atoms with Crippen molar-refractivity contribution >= 4 is 16.7 Å². The molecule has 0 heterocycles. The number of carboxylic acid groups (broad SMARTS) is 1.